The van der Waals surface area contributed by atoms with E-state index in [4.69, 9.17) is 0 Å². The fourth-order valence-electron chi connectivity index (χ4n) is 2.10. The lowest BCUT2D eigenvalue weighted by Crippen LogP contribution is -2.08. The van der Waals surface area contributed by atoms with Crippen molar-refractivity contribution in [3.63, 3.8) is 0 Å². The minimum Gasteiger partial charge on any atom is -0.259 e. The number of anilines is 1. The second kappa shape index (κ2) is 5.90. The molecule has 1 N–H and O–H groups in total. The molecule has 0 radical (unpaired) electrons. The summed E-state index contributed by atoms with van der Waals surface area (Å²) in [5.41, 5.74) is 2.75. The molecule has 3 aromatic rings. The Hall–Kier alpha value is -2.18. The van der Waals surface area contributed by atoms with Crippen molar-refractivity contribution in [3.05, 3.63) is 60.7 Å². The van der Waals surface area contributed by atoms with Gasteiger partial charge in [0.25, 0.3) is 0 Å². The van der Waals surface area contributed by atoms with Crippen LogP contribution in [0.25, 0.3) is 21.7 Å². The molecule has 0 aliphatic carbocycles. The van der Waals surface area contributed by atoms with Crippen molar-refractivity contribution in [2.75, 3.05) is 11.0 Å². The van der Waals surface area contributed by atoms with Crippen molar-refractivity contribution in [3.8, 4) is 21.7 Å². The minimum absolute atomic E-state index is 0.375. The van der Waals surface area contributed by atoms with Gasteiger partial charge >= 0.3 is 0 Å². The highest BCUT2D eigenvalue weighted by molar-refractivity contribution is 7.92. The molecule has 0 atom stereocenters. The van der Waals surface area contributed by atoms with E-state index >= 15 is 0 Å². The lowest BCUT2D eigenvalue weighted by atomic mass is 10.1. The summed E-state index contributed by atoms with van der Waals surface area (Å²) in [5.74, 6) is 0. The van der Waals surface area contributed by atoms with Gasteiger partial charge in [-0.2, -0.15) is 0 Å². The summed E-state index contributed by atoms with van der Waals surface area (Å²) in [5, 5.41) is 0.375. The molecule has 1 aromatic heterocycles. The number of nitrogens with zero attached hydrogens (tertiary/aromatic N) is 1. The van der Waals surface area contributed by atoms with Gasteiger partial charge in [0.05, 0.1) is 16.8 Å². The third-order valence-corrected chi connectivity index (χ3v) is 4.70. The van der Waals surface area contributed by atoms with Gasteiger partial charge in [0.1, 0.15) is 0 Å². The molecule has 0 fully saturated rings. The maximum Gasteiger partial charge on any atom is 0.231 e. The van der Waals surface area contributed by atoms with E-state index in [9.17, 15) is 8.42 Å². The summed E-state index contributed by atoms with van der Waals surface area (Å²) in [6, 6.07) is 19.6. The molecule has 1 heterocycles. The van der Waals surface area contributed by atoms with E-state index < -0.39 is 10.0 Å². The van der Waals surface area contributed by atoms with Crippen LogP contribution in [-0.4, -0.2) is 19.7 Å². The Bertz CT molecular complexity index is 816. The molecule has 0 unspecified atom stereocenters. The summed E-state index contributed by atoms with van der Waals surface area (Å²) in [4.78, 5) is 5.41. The fraction of sp³-hybridized carbons (Fsp3) is 0.0625. The molecule has 0 bridgehead atoms. The van der Waals surface area contributed by atoms with Crippen molar-refractivity contribution in [2.24, 2.45) is 0 Å². The van der Waals surface area contributed by atoms with Crippen LogP contribution < -0.4 is 4.72 Å². The third kappa shape index (κ3) is 3.35. The summed E-state index contributed by atoms with van der Waals surface area (Å²) in [6.07, 6.45) is 1.12. The van der Waals surface area contributed by atoms with Gasteiger partial charge < -0.3 is 0 Å². The number of aromatic nitrogens is 1. The van der Waals surface area contributed by atoms with E-state index in [1.54, 1.807) is 0 Å². The maximum absolute atomic E-state index is 11.4. The van der Waals surface area contributed by atoms with Gasteiger partial charge in [-0.05, 0) is 5.56 Å². The van der Waals surface area contributed by atoms with Crippen LogP contribution in [0.15, 0.2) is 60.7 Å². The molecule has 2 aromatic carbocycles. The van der Waals surface area contributed by atoms with Gasteiger partial charge in [-0.15, -0.1) is 0 Å². The first-order chi connectivity index (χ1) is 10.5. The summed E-state index contributed by atoms with van der Waals surface area (Å²) >= 11 is 1.33. The summed E-state index contributed by atoms with van der Waals surface area (Å²) in [7, 11) is -3.35. The van der Waals surface area contributed by atoms with Gasteiger partial charge in [0.15, 0.2) is 5.13 Å². The molecule has 22 heavy (non-hydrogen) atoms. The number of hydrogen-bond acceptors (Lipinski definition) is 4. The van der Waals surface area contributed by atoms with Crippen LogP contribution in [0, 0.1) is 0 Å². The monoisotopic (exact) mass is 330 g/mol. The topological polar surface area (TPSA) is 59.1 Å². The Labute approximate surface area is 133 Å². The third-order valence-electron chi connectivity index (χ3n) is 2.98. The SMILES string of the molecule is CS(=O)(=O)Nc1nc(-c2ccccc2)c(-c2ccccc2)s1. The second-order valence-electron chi connectivity index (χ2n) is 4.80. The highest BCUT2D eigenvalue weighted by Gasteiger charge is 2.16. The number of nitrogens with one attached hydrogen (secondary N) is 1. The van der Waals surface area contributed by atoms with Crippen LogP contribution in [-0.2, 0) is 10.0 Å². The fourth-order valence-corrected chi connectivity index (χ4v) is 3.93. The molecule has 0 spiro atoms. The average molecular weight is 330 g/mol. The van der Waals surface area contributed by atoms with E-state index in [2.05, 4.69) is 9.71 Å². The number of thiazole rings is 1. The van der Waals surface area contributed by atoms with Crippen molar-refractivity contribution in [2.45, 2.75) is 0 Å². The lowest BCUT2D eigenvalue weighted by molar-refractivity contribution is 0.607. The molecule has 112 valence electrons. The van der Waals surface area contributed by atoms with E-state index in [0.29, 0.717) is 5.13 Å². The highest BCUT2D eigenvalue weighted by atomic mass is 32.2. The van der Waals surface area contributed by atoms with Crippen LogP contribution >= 0.6 is 11.3 Å². The number of benzene rings is 2. The molecule has 4 nitrogen and oxygen atoms in total. The molecule has 0 saturated carbocycles. The predicted octanol–water partition coefficient (Wildman–Crippen LogP) is 3.85. The predicted molar refractivity (Wildman–Crippen MR) is 91.5 cm³/mol. The van der Waals surface area contributed by atoms with Gasteiger partial charge in [0.2, 0.25) is 10.0 Å². The number of rotatable bonds is 4. The largest absolute Gasteiger partial charge is 0.259 e. The van der Waals surface area contributed by atoms with E-state index in [1.807, 2.05) is 60.7 Å². The highest BCUT2D eigenvalue weighted by Crippen LogP contribution is 2.39. The molecule has 0 amide bonds. The van der Waals surface area contributed by atoms with Crippen molar-refractivity contribution < 1.29 is 8.42 Å². The molecule has 6 heteroatoms. The summed E-state index contributed by atoms with van der Waals surface area (Å²) in [6.45, 7) is 0. The Balaban J connectivity index is 2.15. The standard InChI is InChI=1S/C16H14N2O2S2/c1-22(19,20)18-16-17-14(12-8-4-2-5-9-12)15(21-16)13-10-6-3-7-11-13/h2-11H,1H3,(H,17,18). The van der Waals surface area contributed by atoms with Crippen LogP contribution in [0.1, 0.15) is 0 Å². The Morgan fingerprint density at radius 3 is 2.00 bits per heavy atom. The first-order valence-corrected chi connectivity index (χ1v) is 9.33. The van der Waals surface area contributed by atoms with Gasteiger partial charge in [-0.1, -0.05) is 72.0 Å². The smallest absolute Gasteiger partial charge is 0.231 e. The van der Waals surface area contributed by atoms with Crippen molar-refractivity contribution >= 4 is 26.5 Å². The van der Waals surface area contributed by atoms with Gasteiger partial charge in [0, 0.05) is 5.56 Å². The van der Waals surface area contributed by atoms with E-state index in [-0.39, 0.29) is 0 Å². The molecule has 3 rings (SSSR count). The summed E-state index contributed by atoms with van der Waals surface area (Å²) < 4.78 is 25.4. The quantitative estimate of drug-likeness (QED) is 0.790. The van der Waals surface area contributed by atoms with Crippen LogP contribution in [0.2, 0.25) is 0 Å². The first kappa shape index (κ1) is 14.7. The number of hydrogen-bond donors (Lipinski definition) is 1. The normalized spacial score (nSPS) is 11.3. The zero-order valence-electron chi connectivity index (χ0n) is 11.9. The molecule has 0 aliphatic rings. The van der Waals surface area contributed by atoms with Gasteiger partial charge in [-0.3, -0.25) is 4.72 Å². The van der Waals surface area contributed by atoms with Crippen molar-refractivity contribution in [1.82, 2.24) is 4.98 Å². The second-order valence-corrected chi connectivity index (χ2v) is 7.55. The zero-order valence-corrected chi connectivity index (χ0v) is 13.5. The molecular formula is C16H14N2O2S2. The number of sulfonamides is 1. The maximum atomic E-state index is 11.4. The zero-order chi connectivity index (χ0) is 15.6. The average Bonchev–Trinajstić information content (AvgIpc) is 2.91. The minimum atomic E-state index is -3.35. The van der Waals surface area contributed by atoms with E-state index in [1.165, 1.54) is 11.3 Å². The lowest BCUT2D eigenvalue weighted by Gasteiger charge is -2.02. The van der Waals surface area contributed by atoms with E-state index in [0.717, 1.165) is 28.0 Å². The Kier molecular flexibility index (Phi) is 3.96. The Morgan fingerprint density at radius 1 is 0.909 bits per heavy atom. The molecule has 0 aliphatic heterocycles. The Morgan fingerprint density at radius 2 is 1.45 bits per heavy atom. The van der Waals surface area contributed by atoms with Crippen LogP contribution in [0.3, 0.4) is 0 Å². The van der Waals surface area contributed by atoms with Crippen molar-refractivity contribution in [1.29, 1.82) is 0 Å². The molecule has 0 saturated heterocycles. The van der Waals surface area contributed by atoms with Gasteiger partial charge in [-0.25, -0.2) is 13.4 Å². The van der Waals surface area contributed by atoms with Crippen LogP contribution in [0.5, 0.6) is 0 Å². The van der Waals surface area contributed by atoms with Crippen LogP contribution in [0.4, 0.5) is 5.13 Å². The first-order valence-electron chi connectivity index (χ1n) is 6.62. The molecular weight excluding hydrogens is 316 g/mol.